The molecule has 0 aliphatic rings. The lowest BCUT2D eigenvalue weighted by molar-refractivity contribution is 0.407. The standard InChI is InChI=1S/C16H16N4O/c1-21-15-10-6-5-9-13(15)16(17)14-11-18-19-20(14)12-7-3-2-4-8-12/h2-11,16H,17H2,1H3. The monoisotopic (exact) mass is 280 g/mol. The first-order chi connectivity index (χ1) is 10.3. The molecule has 0 spiro atoms. The molecule has 5 heteroatoms. The number of hydrogen-bond donors (Lipinski definition) is 1. The van der Waals surface area contributed by atoms with Gasteiger partial charge in [0, 0.05) is 5.56 Å². The zero-order valence-corrected chi connectivity index (χ0v) is 11.7. The van der Waals surface area contributed by atoms with Crippen LogP contribution in [-0.2, 0) is 0 Å². The number of para-hydroxylation sites is 2. The van der Waals surface area contributed by atoms with Crippen molar-refractivity contribution >= 4 is 0 Å². The van der Waals surface area contributed by atoms with E-state index >= 15 is 0 Å². The van der Waals surface area contributed by atoms with Crippen LogP contribution in [0.4, 0.5) is 0 Å². The van der Waals surface area contributed by atoms with Crippen LogP contribution < -0.4 is 10.5 Å². The minimum absolute atomic E-state index is 0.364. The van der Waals surface area contributed by atoms with E-state index in [1.807, 2.05) is 54.6 Å². The van der Waals surface area contributed by atoms with E-state index in [9.17, 15) is 0 Å². The zero-order chi connectivity index (χ0) is 14.7. The summed E-state index contributed by atoms with van der Waals surface area (Å²) in [5, 5.41) is 8.13. The first-order valence-corrected chi connectivity index (χ1v) is 6.66. The van der Waals surface area contributed by atoms with Gasteiger partial charge in [0.1, 0.15) is 5.75 Å². The summed E-state index contributed by atoms with van der Waals surface area (Å²) in [5.74, 6) is 0.755. The molecule has 0 radical (unpaired) electrons. The fourth-order valence-corrected chi connectivity index (χ4v) is 2.31. The zero-order valence-electron chi connectivity index (χ0n) is 11.7. The van der Waals surface area contributed by atoms with Gasteiger partial charge in [0.15, 0.2) is 0 Å². The van der Waals surface area contributed by atoms with E-state index in [0.29, 0.717) is 0 Å². The van der Waals surface area contributed by atoms with E-state index in [1.54, 1.807) is 18.0 Å². The van der Waals surface area contributed by atoms with E-state index in [1.165, 1.54) is 0 Å². The average molecular weight is 280 g/mol. The molecule has 106 valence electrons. The molecule has 0 aliphatic carbocycles. The highest BCUT2D eigenvalue weighted by Crippen LogP contribution is 2.28. The van der Waals surface area contributed by atoms with Crippen molar-refractivity contribution in [1.29, 1.82) is 0 Å². The molecule has 3 rings (SSSR count). The Kier molecular flexibility index (Phi) is 3.66. The molecule has 0 amide bonds. The van der Waals surface area contributed by atoms with Crippen molar-refractivity contribution in [1.82, 2.24) is 15.0 Å². The third-order valence-corrected chi connectivity index (χ3v) is 3.37. The van der Waals surface area contributed by atoms with Gasteiger partial charge in [0.2, 0.25) is 0 Å². The van der Waals surface area contributed by atoms with E-state index in [4.69, 9.17) is 10.5 Å². The molecule has 0 saturated heterocycles. The van der Waals surface area contributed by atoms with Crippen molar-refractivity contribution in [2.45, 2.75) is 6.04 Å². The molecule has 1 atom stereocenters. The number of hydrogen-bond acceptors (Lipinski definition) is 4. The summed E-state index contributed by atoms with van der Waals surface area (Å²) < 4.78 is 7.13. The van der Waals surface area contributed by atoms with Crippen molar-refractivity contribution < 1.29 is 4.74 Å². The number of nitrogens with two attached hydrogens (primary N) is 1. The highest BCUT2D eigenvalue weighted by molar-refractivity contribution is 5.41. The number of nitrogens with zero attached hydrogens (tertiary/aromatic N) is 3. The van der Waals surface area contributed by atoms with Crippen LogP contribution in [-0.4, -0.2) is 22.1 Å². The molecular formula is C16H16N4O. The van der Waals surface area contributed by atoms with Crippen molar-refractivity contribution in [2.24, 2.45) is 5.73 Å². The molecule has 0 fully saturated rings. The Balaban J connectivity index is 2.04. The third kappa shape index (κ3) is 2.51. The molecule has 2 aromatic carbocycles. The lowest BCUT2D eigenvalue weighted by Gasteiger charge is -2.16. The SMILES string of the molecule is COc1ccccc1C(N)c1cnnn1-c1ccccc1. The number of benzene rings is 2. The average Bonchev–Trinajstić information content (AvgIpc) is 3.04. The van der Waals surface area contributed by atoms with Crippen LogP contribution in [0.5, 0.6) is 5.75 Å². The van der Waals surface area contributed by atoms with Gasteiger partial charge >= 0.3 is 0 Å². The molecule has 5 nitrogen and oxygen atoms in total. The fourth-order valence-electron chi connectivity index (χ4n) is 2.31. The Morgan fingerprint density at radius 3 is 2.52 bits per heavy atom. The van der Waals surface area contributed by atoms with Gasteiger partial charge < -0.3 is 10.5 Å². The third-order valence-electron chi connectivity index (χ3n) is 3.37. The predicted molar refractivity (Wildman–Crippen MR) is 80.4 cm³/mol. The van der Waals surface area contributed by atoms with Crippen LogP contribution in [0.3, 0.4) is 0 Å². The summed E-state index contributed by atoms with van der Waals surface area (Å²) in [6.07, 6.45) is 1.68. The maximum absolute atomic E-state index is 6.39. The Bertz CT molecular complexity index is 724. The van der Waals surface area contributed by atoms with Crippen molar-refractivity contribution in [3.05, 3.63) is 72.1 Å². The lowest BCUT2D eigenvalue weighted by atomic mass is 10.0. The van der Waals surface area contributed by atoms with E-state index < -0.39 is 0 Å². The second-order valence-corrected chi connectivity index (χ2v) is 4.63. The summed E-state index contributed by atoms with van der Waals surface area (Å²) in [5.41, 5.74) is 9.03. The number of aromatic nitrogens is 3. The van der Waals surface area contributed by atoms with Crippen molar-refractivity contribution in [3.63, 3.8) is 0 Å². The molecule has 0 aliphatic heterocycles. The molecule has 0 bridgehead atoms. The Hall–Kier alpha value is -2.66. The molecule has 21 heavy (non-hydrogen) atoms. The molecule has 1 aromatic heterocycles. The maximum atomic E-state index is 6.39. The topological polar surface area (TPSA) is 66.0 Å². The molecule has 3 aromatic rings. The smallest absolute Gasteiger partial charge is 0.124 e. The highest BCUT2D eigenvalue weighted by atomic mass is 16.5. The van der Waals surface area contributed by atoms with Gasteiger partial charge in [-0.25, -0.2) is 4.68 Å². The van der Waals surface area contributed by atoms with Crippen molar-refractivity contribution in [2.75, 3.05) is 7.11 Å². The number of methoxy groups -OCH3 is 1. The van der Waals surface area contributed by atoms with Crippen LogP contribution in [0.25, 0.3) is 5.69 Å². The molecule has 2 N–H and O–H groups in total. The quantitative estimate of drug-likeness (QED) is 0.796. The number of rotatable bonds is 4. The van der Waals surface area contributed by atoms with Gasteiger partial charge in [-0.3, -0.25) is 0 Å². The van der Waals surface area contributed by atoms with Crippen LogP contribution >= 0.6 is 0 Å². The summed E-state index contributed by atoms with van der Waals surface area (Å²) in [7, 11) is 1.64. The summed E-state index contributed by atoms with van der Waals surface area (Å²) in [4.78, 5) is 0. The largest absolute Gasteiger partial charge is 0.496 e. The van der Waals surface area contributed by atoms with Gasteiger partial charge in [-0.05, 0) is 18.2 Å². The maximum Gasteiger partial charge on any atom is 0.124 e. The van der Waals surface area contributed by atoms with Crippen LogP contribution in [0.1, 0.15) is 17.3 Å². The first-order valence-electron chi connectivity index (χ1n) is 6.66. The van der Waals surface area contributed by atoms with E-state index in [0.717, 1.165) is 22.7 Å². The first kappa shape index (κ1) is 13.3. The number of ether oxygens (including phenoxy) is 1. The lowest BCUT2D eigenvalue weighted by Crippen LogP contribution is -2.17. The Labute approximate surface area is 123 Å². The van der Waals surface area contributed by atoms with Crippen LogP contribution in [0, 0.1) is 0 Å². The molecular weight excluding hydrogens is 264 g/mol. The molecule has 0 saturated carbocycles. The normalized spacial score (nSPS) is 12.1. The van der Waals surface area contributed by atoms with Gasteiger partial charge in [-0.2, -0.15) is 0 Å². The Morgan fingerprint density at radius 1 is 1.05 bits per heavy atom. The summed E-state index contributed by atoms with van der Waals surface area (Å²) in [6, 6.07) is 17.1. The van der Waals surface area contributed by atoms with Crippen LogP contribution in [0.2, 0.25) is 0 Å². The highest BCUT2D eigenvalue weighted by Gasteiger charge is 2.19. The predicted octanol–water partition coefficient (Wildman–Crippen LogP) is 2.32. The second-order valence-electron chi connectivity index (χ2n) is 4.63. The van der Waals surface area contributed by atoms with Gasteiger partial charge in [-0.1, -0.05) is 41.6 Å². The van der Waals surface area contributed by atoms with E-state index in [-0.39, 0.29) is 6.04 Å². The summed E-state index contributed by atoms with van der Waals surface area (Å²) >= 11 is 0. The molecule has 1 unspecified atom stereocenters. The second kappa shape index (κ2) is 5.76. The fraction of sp³-hybridized carbons (Fsp3) is 0.125. The summed E-state index contributed by atoms with van der Waals surface area (Å²) in [6.45, 7) is 0. The minimum Gasteiger partial charge on any atom is -0.496 e. The molecule has 1 heterocycles. The van der Waals surface area contributed by atoms with Crippen LogP contribution in [0.15, 0.2) is 60.8 Å². The van der Waals surface area contributed by atoms with Gasteiger partial charge in [0.25, 0.3) is 0 Å². The van der Waals surface area contributed by atoms with Gasteiger partial charge in [-0.15, -0.1) is 5.10 Å². The van der Waals surface area contributed by atoms with Gasteiger partial charge in [0.05, 0.1) is 30.7 Å². The minimum atomic E-state index is -0.364. The van der Waals surface area contributed by atoms with E-state index in [2.05, 4.69) is 10.3 Å². The van der Waals surface area contributed by atoms with Crippen molar-refractivity contribution in [3.8, 4) is 11.4 Å². The Morgan fingerprint density at radius 2 is 1.76 bits per heavy atom.